The summed E-state index contributed by atoms with van der Waals surface area (Å²) in [6, 6.07) is 17.6. The van der Waals surface area contributed by atoms with E-state index in [4.69, 9.17) is 4.74 Å². The highest BCUT2D eigenvalue weighted by Gasteiger charge is 2.53. The maximum atomic E-state index is 13.5. The second-order valence-corrected chi connectivity index (χ2v) is 10.0. The molecule has 0 aromatic heterocycles. The normalized spacial score (nSPS) is 20.5. The van der Waals surface area contributed by atoms with Crippen LogP contribution in [-0.2, 0) is 16.1 Å². The molecular formula is C29H40ClN3O3. The number of carbonyl (C=O) groups excluding carboxylic acids is 2. The first-order chi connectivity index (χ1) is 17.0. The van der Waals surface area contributed by atoms with Crippen molar-refractivity contribution in [3.05, 3.63) is 60.2 Å². The van der Waals surface area contributed by atoms with Crippen molar-refractivity contribution >= 4 is 24.2 Å². The van der Waals surface area contributed by atoms with Crippen LogP contribution in [0.15, 0.2) is 54.6 Å². The van der Waals surface area contributed by atoms with Crippen molar-refractivity contribution < 1.29 is 14.3 Å². The van der Waals surface area contributed by atoms with Crippen molar-refractivity contribution in [3.8, 4) is 11.5 Å². The lowest BCUT2D eigenvalue weighted by Crippen LogP contribution is -2.73. The first-order valence-electron chi connectivity index (χ1n) is 13.1. The first-order valence-corrected chi connectivity index (χ1v) is 13.1. The van der Waals surface area contributed by atoms with E-state index in [1.807, 2.05) is 47.4 Å². The van der Waals surface area contributed by atoms with Crippen molar-refractivity contribution in [2.45, 2.75) is 71.0 Å². The molecule has 196 valence electrons. The summed E-state index contributed by atoms with van der Waals surface area (Å²) in [6.45, 7) is 9.33. The lowest BCUT2D eigenvalue weighted by molar-refractivity contribution is -0.162. The highest BCUT2D eigenvalue weighted by atomic mass is 35.5. The van der Waals surface area contributed by atoms with E-state index in [-0.39, 0.29) is 30.1 Å². The second kappa shape index (κ2) is 12.6. The van der Waals surface area contributed by atoms with Gasteiger partial charge in [0.1, 0.15) is 23.1 Å². The van der Waals surface area contributed by atoms with Crippen LogP contribution >= 0.6 is 12.4 Å². The van der Waals surface area contributed by atoms with E-state index >= 15 is 0 Å². The number of hydrogen-bond donors (Lipinski definition) is 1. The zero-order chi connectivity index (χ0) is 24.8. The van der Waals surface area contributed by atoms with Gasteiger partial charge in [-0.3, -0.25) is 14.5 Å². The third kappa shape index (κ3) is 6.04. The monoisotopic (exact) mass is 513 g/mol. The molecule has 0 unspecified atom stereocenters. The molecule has 1 N–H and O–H groups in total. The number of likely N-dealkylation sites (tertiary alicyclic amines) is 1. The first kappa shape index (κ1) is 28.0. The molecule has 4 rings (SSSR count). The van der Waals surface area contributed by atoms with Crippen LogP contribution in [0.4, 0.5) is 0 Å². The van der Waals surface area contributed by atoms with Gasteiger partial charge < -0.3 is 15.0 Å². The Balaban J connectivity index is 0.00000361. The molecule has 6 nitrogen and oxygen atoms in total. The number of nitrogens with one attached hydrogen (secondary N) is 1. The van der Waals surface area contributed by atoms with Crippen LogP contribution in [0.3, 0.4) is 0 Å². The number of ether oxygens (including phenoxy) is 1. The Kier molecular flexibility index (Phi) is 9.80. The van der Waals surface area contributed by atoms with E-state index in [9.17, 15) is 9.59 Å². The van der Waals surface area contributed by atoms with Gasteiger partial charge in [0.25, 0.3) is 0 Å². The van der Waals surface area contributed by atoms with Gasteiger partial charge in [0.05, 0.1) is 0 Å². The zero-order valence-electron chi connectivity index (χ0n) is 21.7. The number of benzene rings is 2. The molecule has 2 amide bonds. The van der Waals surface area contributed by atoms with Crippen LogP contribution in [0.1, 0.15) is 58.4 Å². The van der Waals surface area contributed by atoms with Crippen LogP contribution in [-0.4, -0.2) is 52.8 Å². The average molecular weight is 514 g/mol. The predicted molar refractivity (Wildman–Crippen MR) is 145 cm³/mol. The van der Waals surface area contributed by atoms with Gasteiger partial charge in [0.2, 0.25) is 11.8 Å². The van der Waals surface area contributed by atoms with Crippen molar-refractivity contribution in [2.24, 2.45) is 5.92 Å². The van der Waals surface area contributed by atoms with Crippen LogP contribution in [0, 0.1) is 5.92 Å². The van der Waals surface area contributed by atoms with Crippen LogP contribution in [0.5, 0.6) is 11.5 Å². The van der Waals surface area contributed by atoms with E-state index in [0.29, 0.717) is 19.4 Å². The largest absolute Gasteiger partial charge is 0.457 e. The Morgan fingerprint density at radius 1 is 1.00 bits per heavy atom. The number of piperidine rings is 1. The summed E-state index contributed by atoms with van der Waals surface area (Å²) in [6.07, 6.45) is 4.16. The number of nitrogens with zero attached hydrogens (tertiary/aromatic N) is 2. The molecule has 0 saturated carbocycles. The Morgan fingerprint density at radius 2 is 1.64 bits per heavy atom. The standard InChI is InChI=1S/C29H39N3O3.ClH/c1-4-6-18-32-27(33)26(22(3)5-2)30-28(34)29(32)16-19-31(20-17-29)21-23-12-14-25(15-13-23)35-24-10-8-7-9-11-24;/h7-15,22,26H,4-6,16-21H2,1-3H3,(H,30,34);1H/t22-,26-;/m1./s1. The fraction of sp³-hybridized carbons (Fsp3) is 0.517. The molecule has 0 aliphatic carbocycles. The molecule has 2 aliphatic heterocycles. The second-order valence-electron chi connectivity index (χ2n) is 10.0. The van der Waals surface area contributed by atoms with Crippen molar-refractivity contribution in [1.29, 1.82) is 0 Å². The molecule has 0 radical (unpaired) electrons. The minimum Gasteiger partial charge on any atom is -0.457 e. The van der Waals surface area contributed by atoms with Gasteiger partial charge >= 0.3 is 0 Å². The van der Waals surface area contributed by atoms with Gasteiger partial charge in [-0.2, -0.15) is 0 Å². The highest BCUT2D eigenvalue weighted by Crippen LogP contribution is 2.35. The molecule has 1 spiro atoms. The van der Waals surface area contributed by atoms with Gasteiger partial charge in [-0.15, -0.1) is 12.4 Å². The number of rotatable bonds is 9. The van der Waals surface area contributed by atoms with E-state index in [1.54, 1.807) is 0 Å². The summed E-state index contributed by atoms with van der Waals surface area (Å²) >= 11 is 0. The number of unbranched alkanes of at least 4 members (excludes halogenated alkanes) is 1. The van der Waals surface area contributed by atoms with E-state index < -0.39 is 11.6 Å². The molecule has 2 heterocycles. The molecule has 2 fully saturated rings. The molecule has 2 saturated heterocycles. The van der Waals surface area contributed by atoms with E-state index in [2.05, 4.69) is 43.1 Å². The minimum absolute atomic E-state index is 0. The molecule has 36 heavy (non-hydrogen) atoms. The van der Waals surface area contributed by atoms with Crippen LogP contribution in [0.25, 0.3) is 0 Å². The number of para-hydroxylation sites is 1. The third-order valence-corrected chi connectivity index (χ3v) is 7.70. The molecule has 0 bridgehead atoms. The Hall–Kier alpha value is -2.57. The number of halogens is 1. The Labute approximate surface area is 221 Å². The quantitative estimate of drug-likeness (QED) is 0.487. The molecule has 2 aliphatic rings. The Morgan fingerprint density at radius 3 is 2.25 bits per heavy atom. The summed E-state index contributed by atoms with van der Waals surface area (Å²) in [5.74, 6) is 1.93. The fourth-order valence-electron chi connectivity index (χ4n) is 5.22. The summed E-state index contributed by atoms with van der Waals surface area (Å²) < 4.78 is 5.90. The van der Waals surface area contributed by atoms with Gasteiger partial charge in [0, 0.05) is 26.2 Å². The van der Waals surface area contributed by atoms with Crippen molar-refractivity contribution in [1.82, 2.24) is 15.1 Å². The molecule has 7 heteroatoms. The molecular weight excluding hydrogens is 474 g/mol. The average Bonchev–Trinajstić information content (AvgIpc) is 2.89. The zero-order valence-corrected chi connectivity index (χ0v) is 22.6. The predicted octanol–water partition coefficient (Wildman–Crippen LogP) is 5.41. The smallest absolute Gasteiger partial charge is 0.246 e. The van der Waals surface area contributed by atoms with Gasteiger partial charge in [-0.25, -0.2) is 0 Å². The SMILES string of the molecule is CCCCN1C(=O)[C@@H]([C@H](C)CC)NC(=O)C12CCN(Cc1ccc(Oc3ccccc3)cc1)CC2.Cl. The summed E-state index contributed by atoms with van der Waals surface area (Å²) in [4.78, 5) is 31.2. The lowest BCUT2D eigenvalue weighted by Gasteiger charge is -2.52. The summed E-state index contributed by atoms with van der Waals surface area (Å²) in [5.41, 5.74) is 0.505. The van der Waals surface area contributed by atoms with E-state index in [0.717, 1.165) is 50.4 Å². The van der Waals surface area contributed by atoms with Gasteiger partial charge in [-0.05, 0) is 55.0 Å². The van der Waals surface area contributed by atoms with Crippen LogP contribution < -0.4 is 10.1 Å². The molecule has 2 aromatic carbocycles. The topological polar surface area (TPSA) is 61.9 Å². The van der Waals surface area contributed by atoms with Crippen molar-refractivity contribution in [2.75, 3.05) is 19.6 Å². The van der Waals surface area contributed by atoms with Gasteiger partial charge in [-0.1, -0.05) is 63.9 Å². The number of amides is 2. The van der Waals surface area contributed by atoms with Gasteiger partial charge in [0.15, 0.2) is 0 Å². The lowest BCUT2D eigenvalue weighted by atomic mass is 9.80. The number of carbonyl (C=O) groups is 2. The minimum atomic E-state index is -0.708. The highest BCUT2D eigenvalue weighted by molar-refractivity contribution is 6.00. The fourth-order valence-corrected chi connectivity index (χ4v) is 5.22. The summed E-state index contributed by atoms with van der Waals surface area (Å²) in [7, 11) is 0. The molecule has 2 atom stereocenters. The van der Waals surface area contributed by atoms with Crippen LogP contribution in [0.2, 0.25) is 0 Å². The van der Waals surface area contributed by atoms with E-state index in [1.165, 1.54) is 5.56 Å². The maximum absolute atomic E-state index is 13.5. The summed E-state index contributed by atoms with van der Waals surface area (Å²) in [5, 5.41) is 3.11. The maximum Gasteiger partial charge on any atom is 0.246 e. The number of piperazine rings is 1. The number of hydrogen-bond acceptors (Lipinski definition) is 4. The third-order valence-electron chi connectivity index (χ3n) is 7.70. The molecule has 2 aromatic rings. The van der Waals surface area contributed by atoms with Crippen molar-refractivity contribution in [3.63, 3.8) is 0 Å². The Bertz CT molecular complexity index is 991.